The standard InChI is InChI=1S/C12H21NO3/c1-4-11(2,3)9(14)13-8-12(10(15)16)6-5-7-12/h4-8H2,1-3H3,(H,13,14)(H,15,16). The van der Waals surface area contributed by atoms with Crippen molar-refractivity contribution in [1.82, 2.24) is 5.32 Å². The Morgan fingerprint density at radius 2 is 1.94 bits per heavy atom. The third-order valence-electron chi connectivity index (χ3n) is 3.85. The second kappa shape index (κ2) is 4.44. The van der Waals surface area contributed by atoms with Gasteiger partial charge in [-0.15, -0.1) is 0 Å². The molecule has 4 heteroatoms. The molecule has 1 saturated carbocycles. The summed E-state index contributed by atoms with van der Waals surface area (Å²) in [5.74, 6) is -0.837. The summed E-state index contributed by atoms with van der Waals surface area (Å²) in [6.45, 7) is 5.97. The van der Waals surface area contributed by atoms with Gasteiger partial charge in [-0.25, -0.2) is 0 Å². The number of aliphatic carboxylic acids is 1. The van der Waals surface area contributed by atoms with Crippen molar-refractivity contribution in [2.75, 3.05) is 6.54 Å². The van der Waals surface area contributed by atoms with Crippen LogP contribution in [0.15, 0.2) is 0 Å². The van der Waals surface area contributed by atoms with Crippen molar-refractivity contribution in [3.05, 3.63) is 0 Å². The van der Waals surface area contributed by atoms with Crippen LogP contribution in [0.25, 0.3) is 0 Å². The second-order valence-corrected chi connectivity index (χ2v) is 5.36. The molecule has 16 heavy (non-hydrogen) atoms. The lowest BCUT2D eigenvalue weighted by Gasteiger charge is -2.38. The van der Waals surface area contributed by atoms with Crippen LogP contribution in [-0.2, 0) is 9.59 Å². The Hall–Kier alpha value is -1.06. The monoisotopic (exact) mass is 227 g/mol. The number of hydrogen-bond acceptors (Lipinski definition) is 2. The molecular weight excluding hydrogens is 206 g/mol. The first-order valence-corrected chi connectivity index (χ1v) is 5.86. The average Bonchev–Trinajstić information content (AvgIpc) is 2.15. The number of carboxylic acid groups (broad SMARTS) is 1. The number of nitrogens with one attached hydrogen (secondary N) is 1. The predicted molar refractivity (Wildman–Crippen MR) is 61.0 cm³/mol. The van der Waals surface area contributed by atoms with Crippen LogP contribution in [-0.4, -0.2) is 23.5 Å². The first kappa shape index (κ1) is 13.0. The minimum absolute atomic E-state index is 0.0532. The first-order chi connectivity index (χ1) is 7.34. The smallest absolute Gasteiger partial charge is 0.311 e. The number of carbonyl (C=O) groups is 2. The van der Waals surface area contributed by atoms with E-state index in [1.807, 2.05) is 20.8 Å². The van der Waals surface area contributed by atoms with E-state index in [4.69, 9.17) is 5.11 Å². The number of amides is 1. The molecule has 1 aliphatic carbocycles. The number of rotatable bonds is 5. The molecule has 0 saturated heterocycles. The third kappa shape index (κ3) is 2.36. The van der Waals surface area contributed by atoms with Crippen molar-refractivity contribution >= 4 is 11.9 Å². The van der Waals surface area contributed by atoms with Crippen LogP contribution in [0.5, 0.6) is 0 Å². The molecule has 2 N–H and O–H groups in total. The maximum atomic E-state index is 11.8. The lowest BCUT2D eigenvalue weighted by Crippen LogP contribution is -2.49. The van der Waals surface area contributed by atoms with Crippen molar-refractivity contribution in [1.29, 1.82) is 0 Å². The van der Waals surface area contributed by atoms with Gasteiger partial charge >= 0.3 is 5.97 Å². The van der Waals surface area contributed by atoms with Gasteiger partial charge in [0.15, 0.2) is 0 Å². The lowest BCUT2D eigenvalue weighted by atomic mass is 9.68. The van der Waals surface area contributed by atoms with Gasteiger partial charge in [-0.1, -0.05) is 27.2 Å². The molecule has 4 nitrogen and oxygen atoms in total. The Morgan fingerprint density at radius 1 is 1.38 bits per heavy atom. The van der Waals surface area contributed by atoms with E-state index in [1.54, 1.807) is 0 Å². The van der Waals surface area contributed by atoms with Gasteiger partial charge in [0.25, 0.3) is 0 Å². The molecule has 0 aromatic rings. The normalized spacial score (nSPS) is 18.7. The van der Waals surface area contributed by atoms with E-state index < -0.39 is 16.8 Å². The van der Waals surface area contributed by atoms with Crippen molar-refractivity contribution in [3.8, 4) is 0 Å². The van der Waals surface area contributed by atoms with Crippen LogP contribution in [0.2, 0.25) is 0 Å². The summed E-state index contributed by atoms with van der Waals surface area (Å²) in [6, 6.07) is 0. The van der Waals surface area contributed by atoms with Gasteiger partial charge in [-0.3, -0.25) is 9.59 Å². The summed E-state index contributed by atoms with van der Waals surface area (Å²) < 4.78 is 0. The molecule has 0 spiro atoms. The third-order valence-corrected chi connectivity index (χ3v) is 3.85. The molecular formula is C12H21NO3. The molecule has 0 aromatic carbocycles. The second-order valence-electron chi connectivity index (χ2n) is 5.36. The van der Waals surface area contributed by atoms with Crippen LogP contribution in [0.3, 0.4) is 0 Å². The van der Waals surface area contributed by atoms with E-state index in [9.17, 15) is 9.59 Å². The number of carboxylic acids is 1. The van der Waals surface area contributed by atoms with E-state index >= 15 is 0 Å². The predicted octanol–water partition coefficient (Wildman–Crippen LogP) is 1.79. The molecule has 0 unspecified atom stereocenters. The largest absolute Gasteiger partial charge is 0.481 e. The van der Waals surface area contributed by atoms with Gasteiger partial charge in [-0.05, 0) is 19.3 Å². The van der Waals surface area contributed by atoms with Gasteiger partial charge in [0.05, 0.1) is 5.41 Å². The average molecular weight is 227 g/mol. The molecule has 0 heterocycles. The van der Waals surface area contributed by atoms with E-state index in [2.05, 4.69) is 5.32 Å². The van der Waals surface area contributed by atoms with Gasteiger partial charge in [0.2, 0.25) is 5.91 Å². The van der Waals surface area contributed by atoms with E-state index in [0.29, 0.717) is 12.8 Å². The summed E-state index contributed by atoms with van der Waals surface area (Å²) in [4.78, 5) is 22.9. The molecule has 0 bridgehead atoms. The number of carbonyl (C=O) groups excluding carboxylic acids is 1. The Balaban J connectivity index is 2.51. The van der Waals surface area contributed by atoms with Crippen LogP contribution >= 0.6 is 0 Å². The fraction of sp³-hybridized carbons (Fsp3) is 0.833. The molecule has 1 rings (SSSR count). The van der Waals surface area contributed by atoms with Crippen molar-refractivity contribution < 1.29 is 14.7 Å². The highest BCUT2D eigenvalue weighted by Gasteiger charge is 2.45. The molecule has 0 radical (unpaired) electrons. The Morgan fingerprint density at radius 3 is 2.25 bits per heavy atom. The maximum Gasteiger partial charge on any atom is 0.311 e. The van der Waals surface area contributed by atoms with Gasteiger partial charge in [-0.2, -0.15) is 0 Å². The molecule has 0 aliphatic heterocycles. The minimum atomic E-state index is -0.784. The minimum Gasteiger partial charge on any atom is -0.481 e. The highest BCUT2D eigenvalue weighted by Crippen LogP contribution is 2.40. The van der Waals surface area contributed by atoms with E-state index in [0.717, 1.165) is 12.8 Å². The molecule has 1 amide bonds. The van der Waals surface area contributed by atoms with Gasteiger partial charge in [0, 0.05) is 12.0 Å². The summed E-state index contributed by atoms with van der Waals surface area (Å²) in [5, 5.41) is 11.9. The molecule has 92 valence electrons. The SMILES string of the molecule is CCC(C)(C)C(=O)NCC1(C(=O)O)CCC1. The van der Waals surface area contributed by atoms with E-state index in [-0.39, 0.29) is 12.5 Å². The van der Waals surface area contributed by atoms with Crippen molar-refractivity contribution in [2.45, 2.75) is 46.5 Å². The fourth-order valence-corrected chi connectivity index (χ4v) is 1.72. The molecule has 1 fully saturated rings. The zero-order chi connectivity index (χ0) is 12.4. The fourth-order valence-electron chi connectivity index (χ4n) is 1.72. The van der Waals surface area contributed by atoms with E-state index in [1.165, 1.54) is 0 Å². The molecule has 0 atom stereocenters. The van der Waals surface area contributed by atoms with Crippen LogP contribution in [0.1, 0.15) is 46.5 Å². The lowest BCUT2D eigenvalue weighted by molar-refractivity contribution is -0.154. The topological polar surface area (TPSA) is 66.4 Å². The van der Waals surface area contributed by atoms with Gasteiger partial charge in [0.1, 0.15) is 0 Å². The summed E-state index contributed by atoms with van der Waals surface area (Å²) in [7, 11) is 0. The summed E-state index contributed by atoms with van der Waals surface area (Å²) in [6.07, 6.45) is 3.04. The molecule has 0 aromatic heterocycles. The van der Waals surface area contributed by atoms with Gasteiger partial charge < -0.3 is 10.4 Å². The summed E-state index contributed by atoms with van der Waals surface area (Å²) in [5.41, 5.74) is -1.11. The number of hydrogen-bond donors (Lipinski definition) is 2. The highest BCUT2D eigenvalue weighted by molar-refractivity contribution is 5.83. The maximum absolute atomic E-state index is 11.8. The molecule has 1 aliphatic rings. The van der Waals surface area contributed by atoms with Crippen molar-refractivity contribution in [3.63, 3.8) is 0 Å². The first-order valence-electron chi connectivity index (χ1n) is 5.86. The van der Waals surface area contributed by atoms with Crippen LogP contribution in [0, 0.1) is 10.8 Å². The van der Waals surface area contributed by atoms with Crippen LogP contribution in [0.4, 0.5) is 0 Å². The summed E-state index contributed by atoms with van der Waals surface area (Å²) >= 11 is 0. The highest BCUT2D eigenvalue weighted by atomic mass is 16.4. The van der Waals surface area contributed by atoms with Crippen LogP contribution < -0.4 is 5.32 Å². The quantitative estimate of drug-likeness (QED) is 0.752. The Bertz CT molecular complexity index is 293. The van der Waals surface area contributed by atoms with Crippen molar-refractivity contribution in [2.24, 2.45) is 10.8 Å². The zero-order valence-electron chi connectivity index (χ0n) is 10.3. The Labute approximate surface area is 96.4 Å². The zero-order valence-corrected chi connectivity index (χ0v) is 10.3. The Kier molecular flexibility index (Phi) is 3.61.